The van der Waals surface area contributed by atoms with E-state index in [-0.39, 0.29) is 10.8 Å². The van der Waals surface area contributed by atoms with Crippen molar-refractivity contribution in [1.29, 1.82) is 0 Å². The maximum absolute atomic E-state index is 12.1. The number of benzene rings is 2. The number of sulfone groups is 1. The van der Waals surface area contributed by atoms with Crippen LogP contribution in [0.4, 0.5) is 5.13 Å². The zero-order valence-corrected chi connectivity index (χ0v) is 21.0. The molecule has 0 saturated carbocycles. The van der Waals surface area contributed by atoms with E-state index in [9.17, 15) is 18.0 Å². The van der Waals surface area contributed by atoms with Gasteiger partial charge in [0.05, 0.1) is 26.7 Å². The summed E-state index contributed by atoms with van der Waals surface area (Å²) < 4.78 is 29.9. The molecule has 1 aromatic heterocycles. The number of fused-ring (bicyclic) bond motifs is 1. The van der Waals surface area contributed by atoms with Gasteiger partial charge in [0.2, 0.25) is 12.3 Å². The van der Waals surface area contributed by atoms with Gasteiger partial charge in [-0.15, -0.1) is 0 Å². The van der Waals surface area contributed by atoms with Gasteiger partial charge in [0.1, 0.15) is 5.75 Å². The van der Waals surface area contributed by atoms with Crippen molar-refractivity contribution in [2.24, 2.45) is 0 Å². The number of hydrogen-bond acceptors (Lipinski definition) is 7. The van der Waals surface area contributed by atoms with Crippen LogP contribution in [0.5, 0.6) is 5.75 Å². The maximum Gasteiger partial charge on any atom is 0.250 e. The molecule has 0 unspecified atom stereocenters. The molecule has 0 spiro atoms. The molecule has 0 fully saturated rings. The van der Waals surface area contributed by atoms with Gasteiger partial charge in [-0.2, -0.15) is 0 Å². The average molecular weight is 540 g/mol. The quantitative estimate of drug-likeness (QED) is 0.377. The second kappa shape index (κ2) is 11.2. The van der Waals surface area contributed by atoms with Crippen LogP contribution in [0.25, 0.3) is 16.3 Å². The molecule has 0 radical (unpaired) electrons. The Kier molecular flexibility index (Phi) is 8.93. The summed E-state index contributed by atoms with van der Waals surface area (Å²) in [7, 11) is 1.67. The van der Waals surface area contributed by atoms with E-state index in [2.05, 4.69) is 26.2 Å². The molecule has 3 aromatic rings. The molecule has 0 saturated heterocycles. The monoisotopic (exact) mass is 539 g/mol. The number of nitrogens with zero attached hydrogens (tertiary/aromatic N) is 2. The van der Waals surface area contributed by atoms with Crippen molar-refractivity contribution in [2.45, 2.75) is 4.90 Å². The van der Waals surface area contributed by atoms with Gasteiger partial charge < -0.3 is 9.64 Å². The number of aromatic nitrogens is 1. The average Bonchev–Trinajstić information content (AvgIpc) is 3.13. The number of carbonyl (C=O) groups excluding carboxylic acids is 2. The standard InChI is InChI=1S/C18H15BrN2O4S2.C3H7NO/c1-25-15-7-3-11(9-13(15)19)4-8-17(22)21-18-20-14-6-5-12(27(2,23)24)10-16(14)26-18;1-4(2)3-5/h3-10H,1-2H3,(H,20,21,22);3H,1-2H3/b8-4+;. The second-order valence-corrected chi connectivity index (χ2v) is 10.6. The van der Waals surface area contributed by atoms with Crippen LogP contribution in [-0.4, -0.2) is 58.1 Å². The first-order valence-electron chi connectivity index (χ1n) is 9.08. The Morgan fingerprint density at radius 1 is 1.22 bits per heavy atom. The fourth-order valence-electron chi connectivity index (χ4n) is 2.29. The van der Waals surface area contributed by atoms with Crippen molar-refractivity contribution < 1.29 is 22.7 Å². The number of carbonyl (C=O) groups is 2. The van der Waals surface area contributed by atoms with E-state index >= 15 is 0 Å². The van der Waals surface area contributed by atoms with Crippen LogP contribution >= 0.6 is 27.3 Å². The number of methoxy groups -OCH3 is 1. The minimum atomic E-state index is -3.29. The number of amides is 2. The number of anilines is 1. The SMILES string of the molecule is CN(C)C=O.COc1ccc(/C=C/C(=O)Nc2nc3ccc(S(C)(=O)=O)cc3s2)cc1Br. The summed E-state index contributed by atoms with van der Waals surface area (Å²) in [4.78, 5) is 27.5. The molecule has 0 aliphatic heterocycles. The van der Waals surface area contributed by atoms with Gasteiger partial charge in [-0.25, -0.2) is 13.4 Å². The Hall–Kier alpha value is -2.76. The topological polar surface area (TPSA) is 106 Å². The van der Waals surface area contributed by atoms with Crippen LogP contribution in [0.3, 0.4) is 0 Å². The van der Waals surface area contributed by atoms with Crippen LogP contribution in [0.1, 0.15) is 5.56 Å². The Morgan fingerprint density at radius 2 is 1.91 bits per heavy atom. The molecule has 0 atom stereocenters. The number of ether oxygens (including phenoxy) is 1. The van der Waals surface area contributed by atoms with E-state index in [1.165, 1.54) is 28.4 Å². The van der Waals surface area contributed by atoms with E-state index in [4.69, 9.17) is 4.74 Å². The van der Waals surface area contributed by atoms with Gasteiger partial charge in [-0.1, -0.05) is 17.4 Å². The lowest BCUT2D eigenvalue weighted by Crippen LogP contribution is -2.07. The van der Waals surface area contributed by atoms with Crippen molar-refractivity contribution in [1.82, 2.24) is 9.88 Å². The summed E-state index contributed by atoms with van der Waals surface area (Å²) in [6, 6.07) is 10.2. The molecule has 1 N–H and O–H groups in total. The van der Waals surface area contributed by atoms with E-state index in [1.807, 2.05) is 12.1 Å². The van der Waals surface area contributed by atoms with E-state index < -0.39 is 9.84 Å². The van der Waals surface area contributed by atoms with Crippen LogP contribution in [0, 0.1) is 0 Å². The highest BCUT2D eigenvalue weighted by Crippen LogP contribution is 2.28. The van der Waals surface area contributed by atoms with Gasteiger partial charge in [0.25, 0.3) is 0 Å². The first-order chi connectivity index (χ1) is 15.0. The number of halogens is 1. The Labute approximate surface area is 199 Å². The summed E-state index contributed by atoms with van der Waals surface area (Å²) >= 11 is 4.62. The third-order valence-corrected chi connectivity index (χ3v) is 6.50. The van der Waals surface area contributed by atoms with Crippen LogP contribution < -0.4 is 10.1 Å². The third kappa shape index (κ3) is 7.43. The minimum absolute atomic E-state index is 0.224. The fourth-order valence-corrected chi connectivity index (χ4v) is 4.48. The molecule has 1 heterocycles. The van der Waals surface area contributed by atoms with Gasteiger partial charge in [-0.05, 0) is 57.9 Å². The maximum atomic E-state index is 12.1. The number of thiazole rings is 1. The Morgan fingerprint density at radius 3 is 2.47 bits per heavy atom. The van der Waals surface area contributed by atoms with Crippen molar-refractivity contribution in [3.8, 4) is 5.75 Å². The van der Waals surface area contributed by atoms with Crippen LogP contribution in [0.15, 0.2) is 51.8 Å². The second-order valence-electron chi connectivity index (χ2n) is 6.71. The first kappa shape index (κ1) is 25.5. The molecule has 2 aromatic carbocycles. The van der Waals surface area contributed by atoms with Crippen molar-refractivity contribution in [2.75, 3.05) is 32.8 Å². The summed E-state index contributed by atoms with van der Waals surface area (Å²) in [5.74, 6) is 0.379. The Balaban J connectivity index is 0.000000654. The Bertz CT molecular complexity index is 1250. The molecule has 170 valence electrons. The predicted octanol–water partition coefficient (Wildman–Crippen LogP) is 3.83. The molecule has 0 bridgehead atoms. The van der Waals surface area contributed by atoms with E-state index in [1.54, 1.807) is 45.5 Å². The van der Waals surface area contributed by atoms with E-state index in [0.717, 1.165) is 22.7 Å². The summed E-state index contributed by atoms with van der Waals surface area (Å²) in [6.45, 7) is 0. The van der Waals surface area contributed by atoms with Crippen molar-refractivity contribution >= 4 is 70.8 Å². The number of nitrogens with one attached hydrogen (secondary N) is 1. The molecular formula is C21H22BrN3O5S2. The lowest BCUT2D eigenvalue weighted by molar-refractivity contribution is -0.116. The minimum Gasteiger partial charge on any atom is -0.496 e. The summed E-state index contributed by atoms with van der Waals surface area (Å²) in [6.07, 6.45) is 4.98. The number of hydrogen-bond donors (Lipinski definition) is 1. The van der Waals surface area contributed by atoms with Gasteiger partial charge in [-0.3, -0.25) is 14.9 Å². The zero-order chi connectivity index (χ0) is 23.9. The van der Waals surface area contributed by atoms with Crippen LogP contribution in [-0.2, 0) is 19.4 Å². The largest absolute Gasteiger partial charge is 0.496 e. The molecule has 11 heteroatoms. The van der Waals surface area contributed by atoms with Gasteiger partial charge >= 0.3 is 0 Å². The molecule has 0 aliphatic rings. The summed E-state index contributed by atoms with van der Waals surface area (Å²) in [5, 5.41) is 3.10. The highest BCUT2D eigenvalue weighted by Gasteiger charge is 2.11. The molecule has 32 heavy (non-hydrogen) atoms. The smallest absolute Gasteiger partial charge is 0.250 e. The molecule has 2 amide bonds. The molecule has 8 nitrogen and oxygen atoms in total. The van der Waals surface area contributed by atoms with Crippen LogP contribution in [0.2, 0.25) is 0 Å². The lowest BCUT2D eigenvalue weighted by atomic mass is 10.2. The highest BCUT2D eigenvalue weighted by atomic mass is 79.9. The van der Waals surface area contributed by atoms with Crippen molar-refractivity contribution in [3.05, 3.63) is 52.5 Å². The van der Waals surface area contributed by atoms with Gasteiger partial charge in [0, 0.05) is 26.4 Å². The molecule has 3 rings (SSSR count). The molecule has 0 aliphatic carbocycles. The first-order valence-corrected chi connectivity index (χ1v) is 12.6. The zero-order valence-electron chi connectivity index (χ0n) is 17.8. The number of rotatable bonds is 6. The normalized spacial score (nSPS) is 11.0. The predicted molar refractivity (Wildman–Crippen MR) is 131 cm³/mol. The lowest BCUT2D eigenvalue weighted by Gasteiger charge is -2.03. The molecular weight excluding hydrogens is 518 g/mol. The summed E-state index contributed by atoms with van der Waals surface area (Å²) in [5.41, 5.74) is 1.46. The van der Waals surface area contributed by atoms with E-state index in [0.29, 0.717) is 21.1 Å². The highest BCUT2D eigenvalue weighted by molar-refractivity contribution is 9.10. The van der Waals surface area contributed by atoms with Gasteiger partial charge in [0.15, 0.2) is 15.0 Å². The fraction of sp³-hybridized carbons (Fsp3) is 0.190. The third-order valence-electron chi connectivity index (χ3n) is 3.83. The van der Waals surface area contributed by atoms with Crippen molar-refractivity contribution in [3.63, 3.8) is 0 Å².